The molecule has 3 rings (SSSR count). The number of aromatic nitrogens is 1. The number of rotatable bonds is 7. The average molecular weight is 466 g/mol. The highest BCUT2D eigenvalue weighted by Crippen LogP contribution is 2.38. The Morgan fingerprint density at radius 3 is 2.56 bits per heavy atom. The first-order chi connectivity index (χ1) is 15.0. The molecule has 3 heterocycles. The lowest BCUT2D eigenvalue weighted by Crippen LogP contribution is -2.41. The number of likely N-dealkylation sites (tertiary alicyclic amines) is 1. The van der Waals surface area contributed by atoms with E-state index >= 15 is 0 Å². The third kappa shape index (κ3) is 5.84. The number of nitrogens with zero attached hydrogens (tertiary/aromatic N) is 1. The molecule has 1 atom stereocenters. The van der Waals surface area contributed by atoms with Crippen LogP contribution in [0.5, 0.6) is 0 Å². The maximum Gasteiger partial charge on any atom is 0.257 e. The molecule has 1 unspecified atom stereocenters. The van der Waals surface area contributed by atoms with E-state index in [0.717, 1.165) is 36.6 Å². The number of carbonyl (C=O) groups is 1. The van der Waals surface area contributed by atoms with Gasteiger partial charge >= 0.3 is 0 Å². The third-order valence-electron chi connectivity index (χ3n) is 6.50. The second kappa shape index (κ2) is 9.83. The molecule has 1 fully saturated rings. The molecule has 32 heavy (non-hydrogen) atoms. The second-order valence-corrected chi connectivity index (χ2v) is 10.1. The Bertz CT molecular complexity index is 1020. The molecule has 2 N–H and O–H groups in total. The summed E-state index contributed by atoms with van der Waals surface area (Å²) in [4.78, 5) is 30.8. The summed E-state index contributed by atoms with van der Waals surface area (Å²) in [5.74, 6) is -2.16. The van der Waals surface area contributed by atoms with Crippen molar-refractivity contribution in [1.29, 1.82) is 0 Å². The molecular weight excluding hydrogens is 432 g/mol. The van der Waals surface area contributed by atoms with Gasteiger partial charge in [0.25, 0.3) is 17.4 Å². The summed E-state index contributed by atoms with van der Waals surface area (Å²) in [6.07, 6.45) is 1.76. The van der Waals surface area contributed by atoms with Crippen LogP contribution in [0.15, 0.2) is 16.2 Å². The Hall–Kier alpha value is -2.06. The number of hydrogen-bond donors (Lipinski definition) is 2. The zero-order chi connectivity index (χ0) is 23.6. The predicted molar refractivity (Wildman–Crippen MR) is 125 cm³/mol. The van der Waals surface area contributed by atoms with E-state index in [9.17, 15) is 18.4 Å². The second-order valence-electron chi connectivity index (χ2n) is 9.24. The molecule has 1 aliphatic heterocycles. The number of hydrogen-bond acceptors (Lipinski definition) is 4. The van der Waals surface area contributed by atoms with Crippen LogP contribution in [0.25, 0.3) is 0 Å². The lowest BCUT2D eigenvalue weighted by atomic mass is 9.83. The summed E-state index contributed by atoms with van der Waals surface area (Å²) in [7, 11) is 0. The summed E-state index contributed by atoms with van der Waals surface area (Å²) in [5.41, 5.74) is 3.65. The Balaban J connectivity index is 1.62. The smallest absolute Gasteiger partial charge is 0.257 e. The fraction of sp³-hybridized carbons (Fsp3) is 0.583. The Morgan fingerprint density at radius 2 is 1.97 bits per heavy atom. The largest absolute Gasteiger partial charge is 0.348 e. The summed E-state index contributed by atoms with van der Waals surface area (Å²) < 4.78 is 26.6. The first-order valence-corrected chi connectivity index (χ1v) is 12.0. The number of halogens is 2. The van der Waals surface area contributed by atoms with Gasteiger partial charge in [-0.25, -0.2) is 8.78 Å². The Morgan fingerprint density at radius 1 is 1.31 bits per heavy atom. The van der Waals surface area contributed by atoms with Crippen molar-refractivity contribution >= 4 is 17.2 Å². The summed E-state index contributed by atoms with van der Waals surface area (Å²) >= 11 is 1.58. The molecule has 5 nitrogen and oxygen atoms in total. The Labute approximate surface area is 192 Å². The monoisotopic (exact) mass is 465 g/mol. The molecule has 0 aliphatic carbocycles. The lowest BCUT2D eigenvalue weighted by molar-refractivity contribution is -0.0230. The fourth-order valence-corrected chi connectivity index (χ4v) is 5.91. The molecule has 176 valence electrons. The highest BCUT2D eigenvalue weighted by Gasteiger charge is 2.31. The van der Waals surface area contributed by atoms with Gasteiger partial charge in [0.1, 0.15) is 0 Å². The van der Waals surface area contributed by atoms with Gasteiger partial charge in [-0.05, 0) is 75.7 Å². The molecule has 2 aromatic rings. The molecule has 0 aromatic carbocycles. The van der Waals surface area contributed by atoms with Crippen LogP contribution in [-0.4, -0.2) is 41.3 Å². The quantitative estimate of drug-likeness (QED) is 0.620. The van der Waals surface area contributed by atoms with Gasteiger partial charge in [-0.15, -0.1) is 11.3 Å². The van der Waals surface area contributed by atoms with Crippen LogP contribution >= 0.6 is 11.3 Å². The number of aromatic amines is 1. The molecule has 1 aliphatic rings. The Kier molecular flexibility index (Phi) is 7.55. The van der Waals surface area contributed by atoms with Crippen LogP contribution in [0.1, 0.15) is 70.2 Å². The summed E-state index contributed by atoms with van der Waals surface area (Å²) in [6, 6.07) is 1.89. The van der Waals surface area contributed by atoms with E-state index in [0.29, 0.717) is 30.1 Å². The van der Waals surface area contributed by atoms with Crippen molar-refractivity contribution in [3.05, 3.63) is 54.6 Å². The van der Waals surface area contributed by atoms with Crippen LogP contribution in [0.2, 0.25) is 0 Å². The first-order valence-electron chi connectivity index (χ1n) is 11.1. The van der Waals surface area contributed by atoms with Gasteiger partial charge in [0.05, 0.1) is 12.1 Å². The van der Waals surface area contributed by atoms with Crippen molar-refractivity contribution in [2.24, 2.45) is 5.92 Å². The number of amides is 1. The number of alkyl halides is 2. The van der Waals surface area contributed by atoms with Crippen LogP contribution < -0.4 is 10.9 Å². The fourth-order valence-electron chi connectivity index (χ4n) is 4.69. The van der Waals surface area contributed by atoms with Crippen molar-refractivity contribution in [2.75, 3.05) is 19.6 Å². The summed E-state index contributed by atoms with van der Waals surface area (Å²) in [5, 5.41) is 4.77. The van der Waals surface area contributed by atoms with E-state index in [1.54, 1.807) is 11.3 Å². The van der Waals surface area contributed by atoms with Gasteiger partial charge in [-0.2, -0.15) is 0 Å². The first kappa shape index (κ1) is 24.6. The molecule has 2 aromatic heterocycles. The van der Waals surface area contributed by atoms with Crippen LogP contribution in [0.4, 0.5) is 8.78 Å². The maximum atomic E-state index is 13.3. The SMILES string of the molecule is Cc1cc(C)c(CNC(=O)c2csc(C(C)C3CCN(CC(C)(F)F)CC3)c2C)c(=O)[nH]1. The van der Waals surface area contributed by atoms with Gasteiger partial charge in [-0.3, -0.25) is 14.5 Å². The van der Waals surface area contributed by atoms with E-state index in [-0.39, 0.29) is 30.5 Å². The average Bonchev–Trinajstić information content (AvgIpc) is 3.07. The number of piperidine rings is 1. The zero-order valence-corrected chi connectivity index (χ0v) is 20.3. The van der Waals surface area contributed by atoms with E-state index in [1.807, 2.05) is 37.1 Å². The zero-order valence-electron chi connectivity index (χ0n) is 19.5. The van der Waals surface area contributed by atoms with E-state index in [4.69, 9.17) is 0 Å². The van der Waals surface area contributed by atoms with Gasteiger partial charge in [0.2, 0.25) is 0 Å². The van der Waals surface area contributed by atoms with Crippen molar-refractivity contribution in [3.8, 4) is 0 Å². The number of pyridine rings is 1. The van der Waals surface area contributed by atoms with Crippen molar-refractivity contribution < 1.29 is 13.6 Å². The highest BCUT2D eigenvalue weighted by atomic mass is 32.1. The summed E-state index contributed by atoms with van der Waals surface area (Å²) in [6.45, 7) is 10.2. The molecule has 0 radical (unpaired) electrons. The molecular formula is C24H33F2N3O2S. The molecule has 0 spiro atoms. The number of aryl methyl sites for hydroxylation is 2. The number of carbonyl (C=O) groups excluding carboxylic acids is 1. The number of H-pyrrole nitrogens is 1. The van der Waals surface area contributed by atoms with Crippen molar-refractivity contribution in [1.82, 2.24) is 15.2 Å². The minimum Gasteiger partial charge on any atom is -0.348 e. The van der Waals surface area contributed by atoms with Crippen LogP contribution in [0.3, 0.4) is 0 Å². The van der Waals surface area contributed by atoms with Crippen molar-refractivity contribution in [2.45, 2.75) is 65.8 Å². The lowest BCUT2D eigenvalue weighted by Gasteiger charge is -2.35. The highest BCUT2D eigenvalue weighted by molar-refractivity contribution is 7.10. The minimum atomic E-state index is -2.66. The van der Waals surface area contributed by atoms with E-state index < -0.39 is 5.92 Å². The predicted octanol–water partition coefficient (Wildman–Crippen LogP) is 4.76. The van der Waals surface area contributed by atoms with Gasteiger partial charge in [0.15, 0.2) is 0 Å². The number of nitrogens with one attached hydrogen (secondary N) is 2. The maximum absolute atomic E-state index is 13.3. The van der Waals surface area contributed by atoms with Gasteiger partial charge in [-0.1, -0.05) is 6.92 Å². The van der Waals surface area contributed by atoms with Gasteiger partial charge < -0.3 is 10.3 Å². The third-order valence-corrected chi connectivity index (χ3v) is 7.78. The molecule has 8 heteroatoms. The number of thiophene rings is 1. The van der Waals surface area contributed by atoms with Crippen LogP contribution in [-0.2, 0) is 6.54 Å². The van der Waals surface area contributed by atoms with E-state index in [1.165, 1.54) is 4.88 Å². The minimum absolute atomic E-state index is 0.175. The topological polar surface area (TPSA) is 65.2 Å². The molecule has 1 saturated heterocycles. The molecule has 1 amide bonds. The van der Waals surface area contributed by atoms with Gasteiger partial charge in [0, 0.05) is 35.0 Å². The molecule has 0 saturated carbocycles. The standard InChI is InChI=1S/C24H33F2N3O2S/c1-14-10-15(2)28-23(31)19(14)11-27-22(30)20-12-32-21(17(20)4)16(3)18-6-8-29(9-7-18)13-24(5,25)26/h10,12,16,18H,6-9,11,13H2,1-5H3,(H,27,30)(H,28,31). The normalized spacial score (nSPS) is 16.8. The molecule has 0 bridgehead atoms. The van der Waals surface area contributed by atoms with E-state index in [2.05, 4.69) is 17.2 Å². The van der Waals surface area contributed by atoms with Crippen LogP contribution in [0, 0.1) is 26.7 Å². The van der Waals surface area contributed by atoms with Crippen molar-refractivity contribution in [3.63, 3.8) is 0 Å².